The van der Waals surface area contributed by atoms with Gasteiger partial charge in [0.2, 0.25) is 5.79 Å². The van der Waals surface area contributed by atoms with Gasteiger partial charge in [-0.2, -0.15) is 5.10 Å². The summed E-state index contributed by atoms with van der Waals surface area (Å²) in [7, 11) is 0. The molecular weight excluding hydrogens is 389 g/mol. The van der Waals surface area contributed by atoms with Gasteiger partial charge in [-0.05, 0) is 30.3 Å². The van der Waals surface area contributed by atoms with E-state index in [1.165, 1.54) is 6.33 Å². The predicted molar refractivity (Wildman–Crippen MR) is 101 cm³/mol. The summed E-state index contributed by atoms with van der Waals surface area (Å²) >= 11 is 12.0. The van der Waals surface area contributed by atoms with Crippen molar-refractivity contribution in [1.82, 2.24) is 14.8 Å². The Hall–Kier alpha value is -2.12. The maximum Gasteiger partial charge on any atom is 0.215 e. The highest BCUT2D eigenvalue weighted by Gasteiger charge is 2.44. The number of nitrogens with zero attached hydrogens (tertiary/aromatic N) is 3. The van der Waals surface area contributed by atoms with E-state index in [0.717, 1.165) is 5.56 Å². The van der Waals surface area contributed by atoms with Crippen molar-refractivity contribution in [3.05, 3.63) is 76.8 Å². The van der Waals surface area contributed by atoms with Gasteiger partial charge in [0.05, 0.1) is 6.61 Å². The summed E-state index contributed by atoms with van der Waals surface area (Å²) in [6.45, 7) is 1.09. The molecular formula is C19H17Cl2N3O3. The van der Waals surface area contributed by atoms with Gasteiger partial charge in [-0.25, -0.2) is 9.67 Å². The van der Waals surface area contributed by atoms with Gasteiger partial charge in [-0.15, -0.1) is 0 Å². The zero-order chi connectivity index (χ0) is 18.7. The summed E-state index contributed by atoms with van der Waals surface area (Å²) in [4.78, 5) is 3.99. The maximum atomic E-state index is 6.29. The molecule has 6 nitrogen and oxygen atoms in total. The van der Waals surface area contributed by atoms with E-state index in [0.29, 0.717) is 35.6 Å². The number of halogens is 2. The first-order valence-electron chi connectivity index (χ1n) is 8.42. The lowest BCUT2D eigenvalue weighted by atomic mass is 10.1. The van der Waals surface area contributed by atoms with E-state index in [2.05, 4.69) is 10.1 Å². The number of aromatic nitrogens is 3. The number of rotatable bonds is 6. The van der Waals surface area contributed by atoms with Crippen LogP contribution >= 0.6 is 23.2 Å². The zero-order valence-corrected chi connectivity index (χ0v) is 15.8. The molecule has 2 unspecified atom stereocenters. The lowest BCUT2D eigenvalue weighted by Crippen LogP contribution is -2.34. The number of benzene rings is 2. The van der Waals surface area contributed by atoms with Gasteiger partial charge in [0.15, 0.2) is 0 Å². The topological polar surface area (TPSA) is 58.4 Å². The molecule has 1 aromatic heterocycles. The number of hydrogen-bond acceptors (Lipinski definition) is 5. The van der Waals surface area contributed by atoms with Crippen molar-refractivity contribution in [2.24, 2.45) is 0 Å². The second-order valence-electron chi connectivity index (χ2n) is 6.17. The third kappa shape index (κ3) is 4.25. The Bertz CT molecular complexity index is 889. The van der Waals surface area contributed by atoms with Crippen LogP contribution in [0.3, 0.4) is 0 Å². The van der Waals surface area contributed by atoms with Gasteiger partial charge < -0.3 is 14.2 Å². The molecule has 2 atom stereocenters. The van der Waals surface area contributed by atoms with Crippen LogP contribution in [0.4, 0.5) is 0 Å². The van der Waals surface area contributed by atoms with Crippen LogP contribution in [0.25, 0.3) is 0 Å². The predicted octanol–water partition coefficient (Wildman–Crippen LogP) is 3.93. The first-order chi connectivity index (χ1) is 13.1. The minimum Gasteiger partial charge on any atom is -0.491 e. The summed E-state index contributed by atoms with van der Waals surface area (Å²) in [6, 6.07) is 14.6. The van der Waals surface area contributed by atoms with Gasteiger partial charge in [0.1, 0.15) is 37.7 Å². The van der Waals surface area contributed by atoms with Crippen molar-refractivity contribution in [2.45, 2.75) is 18.4 Å². The van der Waals surface area contributed by atoms with Crippen molar-refractivity contribution in [2.75, 3.05) is 13.2 Å². The number of hydrogen-bond donors (Lipinski definition) is 0. The second kappa shape index (κ2) is 7.86. The summed E-state index contributed by atoms with van der Waals surface area (Å²) in [5.41, 5.74) is 0.854. The normalized spacial score (nSPS) is 22.1. The van der Waals surface area contributed by atoms with E-state index in [-0.39, 0.29) is 6.10 Å². The summed E-state index contributed by atoms with van der Waals surface area (Å²) in [5.74, 6) is -0.299. The summed E-state index contributed by atoms with van der Waals surface area (Å²) in [5, 5.41) is 5.44. The molecule has 2 heterocycles. The van der Waals surface area contributed by atoms with Gasteiger partial charge in [-0.3, -0.25) is 0 Å². The monoisotopic (exact) mass is 405 g/mol. The fourth-order valence-corrected chi connectivity index (χ4v) is 3.26. The van der Waals surface area contributed by atoms with E-state index in [4.69, 9.17) is 37.4 Å². The molecule has 0 aliphatic carbocycles. The molecule has 0 saturated carbocycles. The molecule has 27 heavy (non-hydrogen) atoms. The Morgan fingerprint density at radius 1 is 1.15 bits per heavy atom. The van der Waals surface area contributed by atoms with Gasteiger partial charge >= 0.3 is 0 Å². The minimum atomic E-state index is -0.985. The first kappa shape index (κ1) is 18.3. The molecule has 1 fully saturated rings. The Morgan fingerprint density at radius 2 is 2.00 bits per heavy atom. The highest BCUT2D eigenvalue weighted by molar-refractivity contribution is 6.30. The van der Waals surface area contributed by atoms with Crippen LogP contribution < -0.4 is 4.74 Å². The molecule has 2 aromatic carbocycles. The van der Waals surface area contributed by atoms with Crippen LogP contribution in [0.5, 0.6) is 5.75 Å². The third-order valence-corrected chi connectivity index (χ3v) is 4.70. The SMILES string of the molecule is Clc1ccc(C2(Cn3cncn3)OCC(COc3cccc(Cl)c3)O2)cc1. The molecule has 0 bridgehead atoms. The lowest BCUT2D eigenvalue weighted by molar-refractivity contribution is -0.190. The standard InChI is InChI=1S/C19H17Cl2N3O3/c20-15-6-4-14(5-7-15)19(11-24-13-22-12-23-24)26-10-18(27-19)9-25-17-3-1-2-16(21)8-17/h1-8,12-13,18H,9-11H2. The highest BCUT2D eigenvalue weighted by Crippen LogP contribution is 2.36. The van der Waals surface area contributed by atoms with Gasteiger partial charge in [0, 0.05) is 15.6 Å². The van der Waals surface area contributed by atoms with E-state index in [9.17, 15) is 0 Å². The van der Waals surface area contributed by atoms with Crippen molar-refractivity contribution in [3.8, 4) is 5.75 Å². The molecule has 8 heteroatoms. The van der Waals surface area contributed by atoms with Crippen LogP contribution in [0.2, 0.25) is 10.0 Å². The fourth-order valence-electron chi connectivity index (χ4n) is 2.95. The minimum absolute atomic E-state index is 0.247. The van der Waals surface area contributed by atoms with E-state index in [1.807, 2.05) is 36.4 Å². The largest absolute Gasteiger partial charge is 0.491 e. The molecule has 0 spiro atoms. The number of ether oxygens (including phenoxy) is 3. The fraction of sp³-hybridized carbons (Fsp3) is 0.263. The molecule has 0 amide bonds. The smallest absolute Gasteiger partial charge is 0.215 e. The average Bonchev–Trinajstić information content (AvgIpc) is 3.32. The molecule has 140 valence electrons. The molecule has 1 saturated heterocycles. The van der Waals surface area contributed by atoms with Crippen molar-refractivity contribution < 1.29 is 14.2 Å². The summed E-state index contributed by atoms with van der Waals surface area (Å²) < 4.78 is 19.9. The second-order valence-corrected chi connectivity index (χ2v) is 7.04. The zero-order valence-electron chi connectivity index (χ0n) is 14.3. The Labute approximate surface area is 166 Å². The molecule has 0 radical (unpaired) electrons. The first-order valence-corrected chi connectivity index (χ1v) is 9.17. The molecule has 1 aliphatic rings. The van der Waals surface area contributed by atoms with Gasteiger partial charge in [-0.1, -0.05) is 41.4 Å². The van der Waals surface area contributed by atoms with Crippen LogP contribution in [-0.2, 0) is 21.8 Å². The molecule has 4 rings (SSSR count). The van der Waals surface area contributed by atoms with E-state index >= 15 is 0 Å². The Morgan fingerprint density at radius 3 is 2.74 bits per heavy atom. The summed E-state index contributed by atoms with van der Waals surface area (Å²) in [6.07, 6.45) is 2.85. The van der Waals surface area contributed by atoms with Crippen molar-refractivity contribution in [3.63, 3.8) is 0 Å². The van der Waals surface area contributed by atoms with Crippen LogP contribution in [0.1, 0.15) is 5.56 Å². The molecule has 1 aliphatic heterocycles. The average molecular weight is 406 g/mol. The van der Waals surface area contributed by atoms with Crippen LogP contribution in [-0.4, -0.2) is 34.1 Å². The Balaban J connectivity index is 1.51. The third-order valence-electron chi connectivity index (χ3n) is 4.21. The molecule has 3 aromatic rings. The van der Waals surface area contributed by atoms with Gasteiger partial charge in [0.25, 0.3) is 0 Å². The van der Waals surface area contributed by atoms with E-state index in [1.54, 1.807) is 23.1 Å². The quantitative estimate of drug-likeness (QED) is 0.621. The van der Waals surface area contributed by atoms with Crippen LogP contribution in [0.15, 0.2) is 61.2 Å². The van der Waals surface area contributed by atoms with Crippen LogP contribution in [0, 0.1) is 0 Å². The van der Waals surface area contributed by atoms with Crippen molar-refractivity contribution in [1.29, 1.82) is 0 Å². The lowest BCUT2D eigenvalue weighted by Gasteiger charge is -2.28. The van der Waals surface area contributed by atoms with E-state index < -0.39 is 5.79 Å². The van der Waals surface area contributed by atoms with Crippen molar-refractivity contribution >= 4 is 23.2 Å². The molecule has 0 N–H and O–H groups in total. The maximum absolute atomic E-state index is 6.29. The Kier molecular flexibility index (Phi) is 5.31. The highest BCUT2D eigenvalue weighted by atomic mass is 35.5.